The van der Waals surface area contributed by atoms with E-state index < -0.39 is 0 Å². The Balaban J connectivity index is 2.97. The van der Waals surface area contributed by atoms with Gasteiger partial charge < -0.3 is 10.2 Å². The van der Waals surface area contributed by atoms with Gasteiger partial charge in [0, 0.05) is 6.54 Å². The molecule has 0 bridgehead atoms. The molecule has 4 heteroatoms. The Morgan fingerprint density at radius 2 is 1.80 bits per heavy atom. The summed E-state index contributed by atoms with van der Waals surface area (Å²) in [6.07, 6.45) is 3.17. The summed E-state index contributed by atoms with van der Waals surface area (Å²) in [7, 11) is 0. The van der Waals surface area contributed by atoms with Crippen molar-refractivity contribution >= 4 is 11.8 Å². The first-order valence-electron chi connectivity index (χ1n) is 7.81. The molecule has 0 aliphatic carbocycles. The second-order valence-corrected chi connectivity index (χ2v) is 7.24. The van der Waals surface area contributed by atoms with Crippen LogP contribution in [-0.4, -0.2) is 35.3 Å². The predicted octanol–water partition coefficient (Wildman–Crippen LogP) is 2.57. The molecular formula is C16H30N2O2. The molecule has 4 nitrogen and oxygen atoms in total. The molecule has 2 atom stereocenters. The average molecular weight is 282 g/mol. The quantitative estimate of drug-likeness (QED) is 0.788. The van der Waals surface area contributed by atoms with Crippen molar-refractivity contribution in [3.8, 4) is 0 Å². The van der Waals surface area contributed by atoms with Crippen molar-refractivity contribution in [2.45, 2.75) is 72.9 Å². The van der Waals surface area contributed by atoms with Crippen molar-refractivity contribution in [3.63, 3.8) is 0 Å². The van der Waals surface area contributed by atoms with Gasteiger partial charge in [0.25, 0.3) is 0 Å². The fourth-order valence-electron chi connectivity index (χ4n) is 2.83. The summed E-state index contributed by atoms with van der Waals surface area (Å²) < 4.78 is 0. The monoisotopic (exact) mass is 282 g/mol. The van der Waals surface area contributed by atoms with E-state index in [1.165, 1.54) is 0 Å². The molecule has 1 saturated heterocycles. The lowest BCUT2D eigenvalue weighted by molar-refractivity contribution is -0.155. The van der Waals surface area contributed by atoms with Crippen LogP contribution in [-0.2, 0) is 9.59 Å². The fourth-order valence-corrected chi connectivity index (χ4v) is 2.83. The van der Waals surface area contributed by atoms with Crippen molar-refractivity contribution < 1.29 is 9.59 Å². The number of carbonyl (C=O) groups is 2. The number of rotatable bonds is 5. The minimum Gasteiger partial charge on any atom is -0.342 e. The molecule has 2 amide bonds. The summed E-state index contributed by atoms with van der Waals surface area (Å²) in [5.74, 6) is 0.198. The van der Waals surface area contributed by atoms with Gasteiger partial charge in [-0.2, -0.15) is 0 Å². The zero-order chi connectivity index (χ0) is 15.5. The van der Waals surface area contributed by atoms with E-state index in [4.69, 9.17) is 0 Å². The van der Waals surface area contributed by atoms with Crippen molar-refractivity contribution in [1.29, 1.82) is 0 Å². The highest BCUT2D eigenvalue weighted by Gasteiger charge is 2.46. The molecule has 0 spiro atoms. The summed E-state index contributed by atoms with van der Waals surface area (Å²) >= 11 is 0. The lowest BCUT2D eigenvalue weighted by Gasteiger charge is -2.45. The molecule has 1 heterocycles. The first kappa shape index (κ1) is 17.0. The van der Waals surface area contributed by atoms with Crippen LogP contribution in [0.3, 0.4) is 0 Å². The first-order valence-corrected chi connectivity index (χ1v) is 7.81. The maximum Gasteiger partial charge on any atom is 0.246 e. The lowest BCUT2D eigenvalue weighted by Crippen LogP contribution is -2.67. The van der Waals surface area contributed by atoms with Gasteiger partial charge in [0.15, 0.2) is 0 Å². The number of nitrogens with one attached hydrogen (secondary N) is 1. The van der Waals surface area contributed by atoms with Crippen molar-refractivity contribution in [2.24, 2.45) is 11.3 Å². The molecule has 1 aliphatic rings. The average Bonchev–Trinajstić information content (AvgIpc) is 2.31. The third kappa shape index (κ3) is 3.74. The van der Waals surface area contributed by atoms with Crippen LogP contribution in [0.4, 0.5) is 0 Å². The Morgan fingerprint density at radius 1 is 1.20 bits per heavy atom. The Labute approximate surface area is 123 Å². The van der Waals surface area contributed by atoms with E-state index in [0.717, 1.165) is 19.3 Å². The maximum atomic E-state index is 12.7. The Bertz CT molecular complexity index is 358. The fraction of sp³-hybridized carbons (Fsp3) is 0.875. The zero-order valence-electron chi connectivity index (χ0n) is 13.8. The smallest absolute Gasteiger partial charge is 0.246 e. The standard InChI is InChI=1S/C16H30N2O2/c1-7-8-9-10-18-13(16(4,5)6)14(19)17-12(11(2)3)15(18)20/h11-13H,7-10H2,1-6H3,(H,17,19). The van der Waals surface area contributed by atoms with Crippen molar-refractivity contribution in [3.05, 3.63) is 0 Å². The molecule has 0 aromatic rings. The lowest BCUT2D eigenvalue weighted by atomic mass is 9.82. The normalized spacial score (nSPS) is 24.2. The predicted molar refractivity (Wildman–Crippen MR) is 81.2 cm³/mol. The molecule has 116 valence electrons. The first-order chi connectivity index (χ1) is 9.20. The second kappa shape index (κ2) is 6.59. The van der Waals surface area contributed by atoms with E-state index >= 15 is 0 Å². The Hall–Kier alpha value is -1.06. The van der Waals surface area contributed by atoms with E-state index in [0.29, 0.717) is 6.54 Å². The summed E-state index contributed by atoms with van der Waals surface area (Å²) in [5.41, 5.74) is -0.242. The van der Waals surface area contributed by atoms with Crippen LogP contribution in [0.1, 0.15) is 60.8 Å². The summed E-state index contributed by atoms with van der Waals surface area (Å²) in [4.78, 5) is 26.9. The number of amides is 2. The van der Waals surface area contributed by atoms with Crippen LogP contribution < -0.4 is 5.32 Å². The number of nitrogens with zero attached hydrogens (tertiary/aromatic N) is 1. The van der Waals surface area contributed by atoms with Gasteiger partial charge in [-0.25, -0.2) is 0 Å². The van der Waals surface area contributed by atoms with Gasteiger partial charge in [-0.05, 0) is 17.8 Å². The van der Waals surface area contributed by atoms with E-state index in [9.17, 15) is 9.59 Å². The highest BCUT2D eigenvalue weighted by atomic mass is 16.2. The van der Waals surface area contributed by atoms with Crippen LogP contribution in [0.25, 0.3) is 0 Å². The van der Waals surface area contributed by atoms with E-state index in [-0.39, 0.29) is 35.2 Å². The van der Waals surface area contributed by atoms with Crippen molar-refractivity contribution in [2.75, 3.05) is 6.54 Å². The Morgan fingerprint density at radius 3 is 2.25 bits per heavy atom. The van der Waals surface area contributed by atoms with Crippen molar-refractivity contribution in [1.82, 2.24) is 10.2 Å². The highest BCUT2D eigenvalue weighted by Crippen LogP contribution is 2.29. The highest BCUT2D eigenvalue weighted by molar-refractivity contribution is 5.97. The summed E-state index contributed by atoms with van der Waals surface area (Å²) in [6.45, 7) is 12.8. The third-order valence-corrected chi connectivity index (χ3v) is 3.90. The Kier molecular flexibility index (Phi) is 5.60. The molecule has 0 radical (unpaired) electrons. The van der Waals surface area contributed by atoms with Gasteiger partial charge >= 0.3 is 0 Å². The van der Waals surface area contributed by atoms with E-state index in [1.807, 2.05) is 39.5 Å². The van der Waals surface area contributed by atoms with Gasteiger partial charge in [0.2, 0.25) is 11.8 Å². The SMILES string of the molecule is CCCCCN1C(=O)C(C(C)C)NC(=O)C1C(C)(C)C. The van der Waals surface area contributed by atoms with Gasteiger partial charge in [0.1, 0.15) is 12.1 Å². The zero-order valence-corrected chi connectivity index (χ0v) is 13.8. The number of hydrogen-bond donors (Lipinski definition) is 1. The molecule has 0 saturated carbocycles. The number of carbonyl (C=O) groups excluding carboxylic acids is 2. The number of unbranched alkanes of at least 4 members (excludes halogenated alkanes) is 2. The van der Waals surface area contributed by atoms with Gasteiger partial charge in [-0.1, -0.05) is 54.4 Å². The van der Waals surface area contributed by atoms with Crippen LogP contribution in [0, 0.1) is 11.3 Å². The van der Waals surface area contributed by atoms with E-state index in [1.54, 1.807) is 0 Å². The molecule has 0 aromatic carbocycles. The molecular weight excluding hydrogens is 252 g/mol. The summed E-state index contributed by atoms with van der Waals surface area (Å²) in [6, 6.07) is -0.732. The second-order valence-electron chi connectivity index (χ2n) is 7.24. The van der Waals surface area contributed by atoms with Crippen LogP contribution >= 0.6 is 0 Å². The van der Waals surface area contributed by atoms with Crippen LogP contribution in [0.15, 0.2) is 0 Å². The third-order valence-electron chi connectivity index (χ3n) is 3.90. The maximum absolute atomic E-state index is 12.7. The van der Waals surface area contributed by atoms with Gasteiger partial charge in [-0.3, -0.25) is 9.59 Å². The molecule has 1 N–H and O–H groups in total. The molecule has 2 unspecified atom stereocenters. The minimum absolute atomic E-state index is 0.00713. The topological polar surface area (TPSA) is 49.4 Å². The molecule has 0 aromatic heterocycles. The van der Waals surface area contributed by atoms with Crippen LogP contribution in [0.2, 0.25) is 0 Å². The minimum atomic E-state index is -0.372. The number of hydrogen-bond acceptors (Lipinski definition) is 2. The molecule has 1 rings (SSSR count). The van der Waals surface area contributed by atoms with Gasteiger partial charge in [0.05, 0.1) is 0 Å². The summed E-state index contributed by atoms with van der Waals surface area (Å²) in [5, 5.41) is 2.91. The molecule has 1 fully saturated rings. The van der Waals surface area contributed by atoms with Gasteiger partial charge in [-0.15, -0.1) is 0 Å². The molecule has 20 heavy (non-hydrogen) atoms. The number of piperazine rings is 1. The van der Waals surface area contributed by atoms with E-state index in [2.05, 4.69) is 12.2 Å². The largest absolute Gasteiger partial charge is 0.342 e. The molecule has 1 aliphatic heterocycles. The van der Waals surface area contributed by atoms with Crippen LogP contribution in [0.5, 0.6) is 0 Å².